The summed E-state index contributed by atoms with van der Waals surface area (Å²) in [5, 5.41) is 0.514. The van der Waals surface area contributed by atoms with E-state index >= 15 is 0 Å². The molecule has 0 radical (unpaired) electrons. The first-order valence-electron chi connectivity index (χ1n) is 14.2. The summed E-state index contributed by atoms with van der Waals surface area (Å²) in [5.74, 6) is 1.08. The number of carbonyl (C=O) groups excluding carboxylic acids is 1. The first kappa shape index (κ1) is 27.5. The number of aryl methyl sites for hydroxylation is 3. The topological polar surface area (TPSA) is 69.0 Å². The van der Waals surface area contributed by atoms with Gasteiger partial charge in [0, 0.05) is 6.54 Å². The van der Waals surface area contributed by atoms with Gasteiger partial charge in [0.15, 0.2) is 16.9 Å². The van der Waals surface area contributed by atoms with Gasteiger partial charge in [-0.15, -0.1) is 0 Å². The summed E-state index contributed by atoms with van der Waals surface area (Å²) in [6.07, 6.45) is 3.17. The van der Waals surface area contributed by atoms with Gasteiger partial charge < -0.3 is 18.8 Å². The molecule has 0 spiro atoms. The largest absolute Gasteiger partial charge is 0.490 e. The first-order valence-corrected chi connectivity index (χ1v) is 14.2. The minimum absolute atomic E-state index is 0.109. The second-order valence-electron chi connectivity index (χ2n) is 10.6. The Morgan fingerprint density at radius 3 is 2.35 bits per heavy atom. The summed E-state index contributed by atoms with van der Waals surface area (Å²) >= 11 is 0. The second-order valence-corrected chi connectivity index (χ2v) is 10.6. The molecule has 1 aliphatic heterocycles. The third-order valence-corrected chi connectivity index (χ3v) is 7.47. The first-order chi connectivity index (χ1) is 19.3. The monoisotopic (exact) mass is 539 g/mol. The van der Waals surface area contributed by atoms with E-state index in [1.807, 2.05) is 82.3 Å². The van der Waals surface area contributed by atoms with Crippen LogP contribution < -0.4 is 14.9 Å². The summed E-state index contributed by atoms with van der Waals surface area (Å²) < 4.78 is 18.3. The number of ether oxygens (including phenoxy) is 2. The highest BCUT2D eigenvalue weighted by molar-refractivity contribution is 5.99. The average molecular weight is 540 g/mol. The van der Waals surface area contributed by atoms with Gasteiger partial charge in [0.1, 0.15) is 5.58 Å². The number of carbonyl (C=O) groups is 1. The zero-order valence-corrected chi connectivity index (χ0v) is 24.0. The van der Waals surface area contributed by atoms with Crippen LogP contribution in [0.4, 0.5) is 0 Å². The van der Waals surface area contributed by atoms with Gasteiger partial charge in [-0.05, 0) is 74.6 Å². The Kier molecular flexibility index (Phi) is 7.97. The third-order valence-electron chi connectivity index (χ3n) is 7.47. The molecule has 5 rings (SSSR count). The fourth-order valence-electron chi connectivity index (χ4n) is 5.53. The van der Waals surface area contributed by atoms with Crippen molar-refractivity contribution in [3.05, 3.63) is 104 Å². The van der Waals surface area contributed by atoms with Crippen molar-refractivity contribution in [3.8, 4) is 11.5 Å². The molecule has 1 aliphatic rings. The van der Waals surface area contributed by atoms with Crippen LogP contribution in [0.1, 0.15) is 83.1 Å². The molecular weight excluding hydrogens is 502 g/mol. The van der Waals surface area contributed by atoms with Crippen LogP contribution in [0.15, 0.2) is 63.8 Å². The highest BCUT2D eigenvalue weighted by Gasteiger charge is 2.43. The number of unbranched alkanes of at least 4 members (excludes halogenated alkanes) is 2. The van der Waals surface area contributed by atoms with E-state index in [2.05, 4.69) is 6.92 Å². The highest BCUT2D eigenvalue weighted by Crippen LogP contribution is 2.42. The van der Waals surface area contributed by atoms with E-state index in [4.69, 9.17) is 13.9 Å². The molecule has 0 aliphatic carbocycles. The van der Waals surface area contributed by atoms with Crippen molar-refractivity contribution < 1.29 is 18.7 Å². The molecule has 3 aromatic carbocycles. The minimum atomic E-state index is -0.626. The van der Waals surface area contributed by atoms with Crippen LogP contribution in [0.3, 0.4) is 0 Å². The fraction of sp³-hybridized carbons (Fsp3) is 0.353. The lowest BCUT2D eigenvalue weighted by molar-refractivity contribution is 0.0714. The van der Waals surface area contributed by atoms with E-state index < -0.39 is 6.04 Å². The summed E-state index contributed by atoms with van der Waals surface area (Å²) in [4.78, 5) is 29.8. The van der Waals surface area contributed by atoms with Crippen molar-refractivity contribution in [1.82, 2.24) is 4.90 Å². The Morgan fingerprint density at radius 1 is 0.850 bits per heavy atom. The van der Waals surface area contributed by atoms with Crippen LogP contribution in [0.5, 0.6) is 11.5 Å². The Labute approximate surface area is 235 Å². The average Bonchev–Trinajstić information content (AvgIpc) is 3.19. The number of benzene rings is 3. The van der Waals surface area contributed by atoms with E-state index in [-0.39, 0.29) is 17.1 Å². The summed E-state index contributed by atoms with van der Waals surface area (Å²) in [6.45, 7) is 11.4. The molecule has 0 saturated heterocycles. The van der Waals surface area contributed by atoms with Gasteiger partial charge in [0.25, 0.3) is 5.91 Å². The smallest absolute Gasteiger partial charge is 0.291 e. The van der Waals surface area contributed by atoms with Crippen molar-refractivity contribution >= 4 is 16.9 Å². The number of hydrogen-bond donors (Lipinski definition) is 0. The molecular formula is C34H37NO5. The van der Waals surface area contributed by atoms with Gasteiger partial charge in [-0.25, -0.2) is 0 Å². The molecule has 4 aromatic rings. The van der Waals surface area contributed by atoms with Gasteiger partial charge in [-0.1, -0.05) is 61.7 Å². The molecule has 208 valence electrons. The molecule has 0 N–H and O–H groups in total. The molecule has 0 bridgehead atoms. The lowest BCUT2D eigenvalue weighted by atomic mass is 9.96. The molecule has 2 heterocycles. The summed E-state index contributed by atoms with van der Waals surface area (Å²) in [7, 11) is 0. The Bertz CT molecular complexity index is 1600. The van der Waals surface area contributed by atoms with E-state index in [9.17, 15) is 9.59 Å². The van der Waals surface area contributed by atoms with Crippen molar-refractivity contribution in [2.75, 3.05) is 13.2 Å². The van der Waals surface area contributed by atoms with Crippen LogP contribution >= 0.6 is 0 Å². The number of amides is 1. The summed E-state index contributed by atoms with van der Waals surface area (Å²) in [6, 6.07) is 17.0. The number of fused-ring (bicyclic) bond motifs is 2. The molecule has 0 saturated carbocycles. The van der Waals surface area contributed by atoms with Crippen LogP contribution in [0, 0.1) is 20.8 Å². The second kappa shape index (κ2) is 11.6. The number of rotatable bonds is 10. The zero-order valence-electron chi connectivity index (χ0n) is 24.0. The SMILES string of the molecule is CCCCCOc1ccc(C2c3c(oc4cc(C)cc(C)c4c3=O)C(=O)N2Cc2ccc(C)cc2)cc1OCC. The van der Waals surface area contributed by atoms with Gasteiger partial charge in [-0.2, -0.15) is 0 Å². The lowest BCUT2D eigenvalue weighted by Gasteiger charge is -2.26. The predicted octanol–water partition coefficient (Wildman–Crippen LogP) is 7.43. The summed E-state index contributed by atoms with van der Waals surface area (Å²) in [5.41, 5.74) is 5.34. The van der Waals surface area contributed by atoms with E-state index in [1.165, 1.54) is 0 Å². The van der Waals surface area contributed by atoms with Crippen molar-refractivity contribution in [2.45, 2.75) is 66.5 Å². The zero-order chi connectivity index (χ0) is 28.4. The maximum Gasteiger partial charge on any atom is 0.291 e. The van der Waals surface area contributed by atoms with E-state index in [1.54, 1.807) is 4.90 Å². The van der Waals surface area contributed by atoms with Crippen molar-refractivity contribution in [3.63, 3.8) is 0 Å². The molecule has 6 heteroatoms. The Morgan fingerprint density at radius 2 is 1.62 bits per heavy atom. The molecule has 1 atom stereocenters. The Hall–Kier alpha value is -4.06. The molecule has 6 nitrogen and oxygen atoms in total. The highest BCUT2D eigenvalue weighted by atomic mass is 16.5. The van der Waals surface area contributed by atoms with Crippen LogP contribution in [0.25, 0.3) is 11.0 Å². The normalized spacial score (nSPS) is 14.6. The third kappa shape index (κ3) is 5.23. The van der Waals surface area contributed by atoms with Crippen LogP contribution in [-0.2, 0) is 6.54 Å². The standard InChI is InChI=1S/C34H37NO5/c1-6-8-9-16-39-26-15-14-25(19-27(26)38-7-2)31-30-32(36)29-23(5)17-22(4)18-28(29)40-33(30)34(37)35(31)20-24-12-10-21(3)11-13-24/h10-15,17-19,31H,6-9,16,20H2,1-5H3. The Balaban J connectivity index is 1.65. The van der Waals surface area contributed by atoms with Crippen LogP contribution in [0.2, 0.25) is 0 Å². The van der Waals surface area contributed by atoms with Gasteiger partial charge in [-0.3, -0.25) is 9.59 Å². The van der Waals surface area contributed by atoms with E-state index in [0.717, 1.165) is 47.1 Å². The van der Waals surface area contributed by atoms with Gasteiger partial charge in [0.05, 0.1) is 30.2 Å². The van der Waals surface area contributed by atoms with Crippen molar-refractivity contribution in [2.24, 2.45) is 0 Å². The minimum Gasteiger partial charge on any atom is -0.490 e. The molecule has 0 fully saturated rings. The maximum atomic E-state index is 14.1. The van der Waals surface area contributed by atoms with Gasteiger partial charge in [0.2, 0.25) is 5.76 Å². The van der Waals surface area contributed by atoms with Crippen LogP contribution in [-0.4, -0.2) is 24.0 Å². The van der Waals surface area contributed by atoms with Crippen molar-refractivity contribution in [1.29, 1.82) is 0 Å². The predicted molar refractivity (Wildman–Crippen MR) is 157 cm³/mol. The molecule has 1 unspecified atom stereocenters. The number of nitrogens with zero attached hydrogens (tertiary/aromatic N) is 1. The quantitative estimate of drug-likeness (QED) is 0.196. The molecule has 40 heavy (non-hydrogen) atoms. The van der Waals surface area contributed by atoms with E-state index in [0.29, 0.717) is 47.8 Å². The fourth-order valence-corrected chi connectivity index (χ4v) is 5.53. The molecule has 1 amide bonds. The maximum absolute atomic E-state index is 14.1. The number of hydrogen-bond acceptors (Lipinski definition) is 5. The molecule has 1 aromatic heterocycles. The van der Waals surface area contributed by atoms with Gasteiger partial charge >= 0.3 is 0 Å². The lowest BCUT2D eigenvalue weighted by Crippen LogP contribution is -2.29.